The molecule has 68 heavy (non-hydrogen) atoms. The minimum atomic E-state index is -1.31. The van der Waals surface area contributed by atoms with Crippen LogP contribution in [0.25, 0.3) is 21.7 Å². The molecule has 354 valence electrons. The monoisotopic (exact) mass is 927 g/mol. The Kier molecular flexibility index (Phi) is 14.4. The minimum Gasteiger partial charge on any atom is -0.459 e. The zero-order chi connectivity index (χ0) is 47.9. The summed E-state index contributed by atoms with van der Waals surface area (Å²) in [5.41, 5.74) is 7.60. The summed E-state index contributed by atoms with van der Waals surface area (Å²) in [6.45, 7) is 0.784. The normalized spacial score (nSPS) is 20.4. The third-order valence-corrected chi connectivity index (χ3v) is 12.4. The lowest BCUT2D eigenvalue weighted by molar-refractivity contribution is -0.159. The van der Waals surface area contributed by atoms with Crippen molar-refractivity contribution in [3.63, 3.8) is 0 Å². The second kappa shape index (κ2) is 20.9. The fraction of sp³-hybridized carbons (Fsp3) is 0.327. The predicted molar refractivity (Wildman–Crippen MR) is 249 cm³/mol. The smallest absolute Gasteiger partial charge is 0.329 e. The van der Waals surface area contributed by atoms with Gasteiger partial charge in [0.1, 0.15) is 24.7 Å². The molecule has 2 aliphatic heterocycles. The number of H-pyrrole nitrogens is 2. The van der Waals surface area contributed by atoms with E-state index < -0.39 is 89.9 Å². The molecule has 1 unspecified atom stereocenters. The molecule has 8 N–H and O–H groups in total. The number of ether oxygens (including phenoxy) is 2. The Hall–Kier alpha value is -7.61. The maximum absolute atomic E-state index is 14.6. The molecule has 5 amide bonds. The number of urea groups is 1. The van der Waals surface area contributed by atoms with Gasteiger partial charge in [-0.1, -0.05) is 91.0 Å². The Morgan fingerprint density at radius 2 is 1.60 bits per heavy atom. The van der Waals surface area contributed by atoms with Crippen molar-refractivity contribution in [2.24, 2.45) is 5.73 Å². The Morgan fingerprint density at radius 1 is 0.868 bits per heavy atom. The second-order valence-corrected chi connectivity index (χ2v) is 17.1. The van der Waals surface area contributed by atoms with Gasteiger partial charge in [-0.2, -0.15) is 0 Å². The number of carbonyl (C=O) groups is 5. The van der Waals surface area contributed by atoms with Gasteiger partial charge in [-0.15, -0.1) is 0 Å². The molecule has 8 rings (SSSR count). The molecule has 7 atom stereocenters. The first-order chi connectivity index (χ1) is 32.8. The number of fused-ring (bicyclic) bond motifs is 2. The Balaban J connectivity index is 1.02. The van der Waals surface area contributed by atoms with E-state index in [1.807, 2.05) is 97.1 Å². The van der Waals surface area contributed by atoms with Gasteiger partial charge in [0.05, 0.1) is 44.0 Å². The molecular formula is C49H53N9O10. The van der Waals surface area contributed by atoms with E-state index in [2.05, 4.69) is 25.9 Å². The van der Waals surface area contributed by atoms with E-state index in [1.165, 1.54) is 16.8 Å². The van der Waals surface area contributed by atoms with Crippen molar-refractivity contribution < 1.29 is 38.6 Å². The van der Waals surface area contributed by atoms with Gasteiger partial charge in [0.15, 0.2) is 0 Å². The zero-order valence-corrected chi connectivity index (χ0v) is 37.2. The van der Waals surface area contributed by atoms with Gasteiger partial charge in [-0.3, -0.25) is 28.7 Å². The number of hydrazine groups is 1. The van der Waals surface area contributed by atoms with Gasteiger partial charge in [0, 0.05) is 48.6 Å². The first kappa shape index (κ1) is 46.9. The van der Waals surface area contributed by atoms with Crippen molar-refractivity contribution in [1.29, 1.82) is 0 Å². The van der Waals surface area contributed by atoms with Crippen LogP contribution < -0.4 is 32.9 Å². The average Bonchev–Trinajstić information content (AvgIpc) is 3.77. The molecular weight excluding hydrogens is 875 g/mol. The number of hydrogen-bond acceptors (Lipinski definition) is 11. The standard InChI is InChI=1S/C49H53N9O10/c1-29-44(46(63)57(58(29)43(61)24-50)26-37-23-36(59)22-35(28-67-37)56-18-17-42(60)54-49(56)66)55-45(62)40(20-31-15-16-32-11-5-6-12-33(32)19-31)52-48(65)53-41(47(64)68-27-30-9-3-2-4-10-30)21-34-25-51-39-14-8-7-13-38(34)39/h2-19,25,29,35-37,40-41,44,51,59H,20-24,26-28,50H2,1H3,(H,55,62)(H2,52,53,65)(H,54,60,66)/t29-,35?,36-,37+,40-,41-,44-/m0/s1. The number of nitrogens with zero attached hydrogens (tertiary/aromatic N) is 3. The Labute approximate surface area is 389 Å². The van der Waals surface area contributed by atoms with E-state index in [0.717, 1.165) is 42.8 Å². The summed E-state index contributed by atoms with van der Waals surface area (Å²) in [6.07, 6.45) is 1.42. The van der Waals surface area contributed by atoms with Gasteiger partial charge >= 0.3 is 17.7 Å². The summed E-state index contributed by atoms with van der Waals surface area (Å²) < 4.78 is 13.1. The number of rotatable bonds is 15. The number of aliphatic hydroxyl groups excluding tert-OH is 1. The maximum Gasteiger partial charge on any atom is 0.329 e. The molecule has 4 aromatic carbocycles. The van der Waals surface area contributed by atoms with Crippen LogP contribution in [0.4, 0.5) is 4.79 Å². The van der Waals surface area contributed by atoms with Crippen molar-refractivity contribution in [3.8, 4) is 0 Å². The minimum absolute atomic E-state index is 0.0302. The molecule has 4 heterocycles. The van der Waals surface area contributed by atoms with Crippen LogP contribution in [0.2, 0.25) is 0 Å². The van der Waals surface area contributed by atoms with Crippen molar-refractivity contribution in [2.75, 3.05) is 19.7 Å². The lowest BCUT2D eigenvalue weighted by Gasteiger charge is -2.32. The molecule has 0 spiro atoms. The van der Waals surface area contributed by atoms with E-state index >= 15 is 0 Å². The third-order valence-electron chi connectivity index (χ3n) is 12.4. The molecule has 2 saturated heterocycles. The third kappa shape index (κ3) is 10.8. The highest BCUT2D eigenvalue weighted by atomic mass is 16.5. The molecule has 2 aromatic heterocycles. The van der Waals surface area contributed by atoms with Crippen LogP contribution >= 0.6 is 0 Å². The van der Waals surface area contributed by atoms with Crippen molar-refractivity contribution in [3.05, 3.63) is 153 Å². The highest BCUT2D eigenvalue weighted by Gasteiger charge is 2.49. The maximum atomic E-state index is 14.6. The number of carbonyl (C=O) groups excluding carboxylic acids is 5. The van der Waals surface area contributed by atoms with Crippen LogP contribution in [0.1, 0.15) is 42.5 Å². The topological polar surface area (TPSA) is 263 Å². The van der Waals surface area contributed by atoms with Crippen LogP contribution in [0.15, 0.2) is 125 Å². The quantitative estimate of drug-likeness (QED) is 0.0732. The predicted octanol–water partition coefficient (Wildman–Crippen LogP) is 1.94. The number of nitrogens with one attached hydrogen (secondary N) is 5. The molecule has 0 radical (unpaired) electrons. The summed E-state index contributed by atoms with van der Waals surface area (Å²) in [4.78, 5) is 99.9. The number of nitrogens with two attached hydrogens (primary N) is 1. The fourth-order valence-electron chi connectivity index (χ4n) is 8.94. The molecule has 2 aliphatic rings. The van der Waals surface area contributed by atoms with Gasteiger partial charge in [-0.05, 0) is 46.9 Å². The van der Waals surface area contributed by atoms with E-state index in [4.69, 9.17) is 15.2 Å². The van der Waals surface area contributed by atoms with E-state index in [9.17, 15) is 38.7 Å². The number of aromatic amines is 2. The van der Waals surface area contributed by atoms with E-state index in [-0.39, 0.29) is 45.4 Å². The molecule has 19 heteroatoms. The number of aliphatic hydroxyl groups is 1. The van der Waals surface area contributed by atoms with Crippen molar-refractivity contribution in [2.45, 2.75) is 81.6 Å². The lowest BCUT2D eigenvalue weighted by Crippen LogP contribution is -2.57. The Bertz CT molecular complexity index is 2920. The highest BCUT2D eigenvalue weighted by molar-refractivity contribution is 5.96. The first-order valence-electron chi connectivity index (χ1n) is 22.4. The van der Waals surface area contributed by atoms with Crippen LogP contribution in [0, 0.1) is 0 Å². The summed E-state index contributed by atoms with van der Waals surface area (Å²) >= 11 is 0. The fourth-order valence-corrected chi connectivity index (χ4v) is 8.94. The van der Waals surface area contributed by atoms with Crippen LogP contribution in [0.5, 0.6) is 0 Å². The SMILES string of the molecule is C[C@H]1[C@H](NC(=O)[C@H](Cc2ccc3ccccc3c2)NC(=O)N[C@@H](Cc2c[nH]c3ccccc23)C(=O)OCc2ccccc2)C(=O)N(C[C@H]2C[C@@H](O)CC(n3ccc(=O)[nH]c3=O)CO2)N1C(=O)CN. The number of hydrogen-bond donors (Lipinski definition) is 7. The second-order valence-electron chi connectivity index (χ2n) is 17.1. The average molecular weight is 928 g/mol. The summed E-state index contributed by atoms with van der Waals surface area (Å²) in [5.74, 6) is -2.75. The van der Waals surface area contributed by atoms with Gasteiger partial charge in [-0.25, -0.2) is 24.4 Å². The largest absolute Gasteiger partial charge is 0.459 e. The zero-order valence-electron chi connectivity index (χ0n) is 37.2. The highest BCUT2D eigenvalue weighted by Crippen LogP contribution is 2.27. The summed E-state index contributed by atoms with van der Waals surface area (Å²) in [6, 6.07) is 24.8. The molecule has 19 nitrogen and oxygen atoms in total. The number of esters is 1. The van der Waals surface area contributed by atoms with Crippen molar-refractivity contribution in [1.82, 2.24) is 40.5 Å². The van der Waals surface area contributed by atoms with E-state index in [0.29, 0.717) is 5.56 Å². The van der Waals surface area contributed by atoms with Crippen molar-refractivity contribution >= 4 is 51.4 Å². The lowest BCUT2D eigenvalue weighted by atomic mass is 10.0. The number of benzene rings is 4. The Morgan fingerprint density at radius 3 is 2.38 bits per heavy atom. The first-order valence-corrected chi connectivity index (χ1v) is 22.4. The van der Waals surface area contributed by atoms with Gasteiger partial charge in [0.25, 0.3) is 17.4 Å². The van der Waals surface area contributed by atoms with Crippen LogP contribution in [-0.2, 0) is 48.1 Å². The van der Waals surface area contributed by atoms with E-state index in [1.54, 1.807) is 13.1 Å². The number of para-hydroxylation sites is 1. The van der Waals surface area contributed by atoms with Crippen LogP contribution in [-0.4, -0.2) is 115 Å². The summed E-state index contributed by atoms with van der Waals surface area (Å²) in [5, 5.41) is 24.3. The molecule has 0 aliphatic carbocycles. The molecule has 6 aromatic rings. The number of aromatic nitrogens is 3. The number of amides is 5. The molecule has 0 saturated carbocycles. The molecule has 0 bridgehead atoms. The van der Waals surface area contributed by atoms with Crippen LogP contribution in [0.3, 0.4) is 0 Å². The van der Waals surface area contributed by atoms with Gasteiger partial charge < -0.3 is 41.2 Å². The molecule has 2 fully saturated rings. The summed E-state index contributed by atoms with van der Waals surface area (Å²) in [7, 11) is 0. The van der Waals surface area contributed by atoms with Gasteiger partial charge in [0.2, 0.25) is 5.91 Å².